The number of benzene rings is 1. The molecule has 1 saturated carbocycles. The number of rotatable bonds is 9. The maximum Gasteiger partial charge on any atom is 0.319 e. The zero-order valence-electron chi connectivity index (χ0n) is 14.5. The average Bonchev–Trinajstić information content (AvgIpc) is 3.37. The van der Waals surface area contributed by atoms with Gasteiger partial charge in [-0.2, -0.15) is 0 Å². The molecule has 1 fully saturated rings. The fourth-order valence-corrected chi connectivity index (χ4v) is 2.29. The van der Waals surface area contributed by atoms with Crippen molar-refractivity contribution in [1.29, 1.82) is 0 Å². The minimum atomic E-state index is -0.302. The summed E-state index contributed by atoms with van der Waals surface area (Å²) in [7, 11) is 0. The Labute approximate surface area is 143 Å². The van der Waals surface area contributed by atoms with Gasteiger partial charge in [0.2, 0.25) is 5.91 Å². The quantitative estimate of drug-likeness (QED) is 0.525. The van der Waals surface area contributed by atoms with Gasteiger partial charge in [0.25, 0.3) is 0 Å². The van der Waals surface area contributed by atoms with Crippen molar-refractivity contribution >= 4 is 23.3 Å². The first kappa shape index (κ1) is 18.1. The van der Waals surface area contributed by atoms with Gasteiger partial charge in [0.15, 0.2) is 0 Å². The van der Waals surface area contributed by atoms with Gasteiger partial charge in [-0.3, -0.25) is 4.79 Å². The van der Waals surface area contributed by atoms with Crippen LogP contribution in [0, 0.1) is 0 Å². The Morgan fingerprint density at radius 3 is 2.42 bits per heavy atom. The number of nitrogens with one attached hydrogen (secondary N) is 4. The molecule has 1 unspecified atom stereocenters. The molecule has 2 rings (SSSR count). The first-order chi connectivity index (χ1) is 11.6. The highest BCUT2D eigenvalue weighted by Gasteiger charge is 2.23. The second-order valence-corrected chi connectivity index (χ2v) is 6.31. The van der Waals surface area contributed by atoms with E-state index in [2.05, 4.69) is 28.2 Å². The maximum atomic E-state index is 12.0. The Hall–Kier alpha value is -2.24. The van der Waals surface area contributed by atoms with Crippen LogP contribution in [0.4, 0.5) is 16.2 Å². The fourth-order valence-electron chi connectivity index (χ4n) is 2.29. The summed E-state index contributed by atoms with van der Waals surface area (Å²) in [6, 6.07) is 7.21. The molecule has 0 radical (unpaired) electrons. The van der Waals surface area contributed by atoms with E-state index < -0.39 is 0 Å². The lowest BCUT2D eigenvalue weighted by molar-refractivity contribution is -0.121. The third kappa shape index (κ3) is 6.48. The number of hydrogen-bond acceptors (Lipinski definition) is 3. The number of carbonyl (C=O) groups excluding carboxylic acids is 2. The second kappa shape index (κ2) is 9.15. The van der Waals surface area contributed by atoms with E-state index in [1.165, 1.54) is 0 Å². The minimum Gasteiger partial charge on any atom is -0.374 e. The standard InChI is InChI=1S/C18H28N4O2/c1-3-4-5-12-19-17(23)13(2)20-14-6-8-15(9-7-14)21-18(24)22-16-10-11-16/h6-9,13,16,20H,3-5,10-12H2,1-2H3,(H,19,23)(H2,21,22,24). The molecule has 0 saturated heterocycles. The Morgan fingerprint density at radius 2 is 1.79 bits per heavy atom. The smallest absolute Gasteiger partial charge is 0.319 e. The molecule has 4 N–H and O–H groups in total. The Bertz CT molecular complexity index is 540. The van der Waals surface area contributed by atoms with Crippen LogP contribution in [-0.4, -0.2) is 30.6 Å². The van der Waals surface area contributed by atoms with Crippen LogP contribution in [-0.2, 0) is 4.79 Å². The molecule has 0 heterocycles. The van der Waals surface area contributed by atoms with Gasteiger partial charge in [0.05, 0.1) is 0 Å². The fraction of sp³-hybridized carbons (Fsp3) is 0.556. The Balaban J connectivity index is 1.73. The van der Waals surface area contributed by atoms with Crippen LogP contribution in [0.5, 0.6) is 0 Å². The summed E-state index contributed by atoms with van der Waals surface area (Å²) >= 11 is 0. The zero-order chi connectivity index (χ0) is 17.4. The first-order valence-corrected chi connectivity index (χ1v) is 8.80. The number of urea groups is 1. The van der Waals surface area contributed by atoms with E-state index in [1.54, 1.807) is 0 Å². The number of amides is 3. The molecule has 0 aliphatic heterocycles. The number of hydrogen-bond donors (Lipinski definition) is 4. The molecule has 1 aromatic carbocycles. The van der Waals surface area contributed by atoms with Crippen LogP contribution in [0.15, 0.2) is 24.3 Å². The van der Waals surface area contributed by atoms with Crippen molar-refractivity contribution < 1.29 is 9.59 Å². The maximum absolute atomic E-state index is 12.0. The first-order valence-electron chi connectivity index (χ1n) is 8.80. The predicted octanol–water partition coefficient (Wildman–Crippen LogP) is 3.08. The van der Waals surface area contributed by atoms with Crippen LogP contribution in [0.2, 0.25) is 0 Å². The van der Waals surface area contributed by atoms with Gasteiger partial charge in [-0.1, -0.05) is 19.8 Å². The van der Waals surface area contributed by atoms with Crippen molar-refractivity contribution in [2.75, 3.05) is 17.2 Å². The molecule has 1 atom stereocenters. The molecule has 6 nitrogen and oxygen atoms in total. The van der Waals surface area contributed by atoms with Crippen LogP contribution < -0.4 is 21.3 Å². The van der Waals surface area contributed by atoms with Crippen molar-refractivity contribution in [3.63, 3.8) is 0 Å². The molecular weight excluding hydrogens is 304 g/mol. The molecule has 0 bridgehead atoms. The molecule has 132 valence electrons. The molecule has 3 amide bonds. The summed E-state index contributed by atoms with van der Waals surface area (Å²) in [5.41, 5.74) is 1.58. The van der Waals surface area contributed by atoms with Crippen LogP contribution in [0.25, 0.3) is 0 Å². The van der Waals surface area contributed by atoms with Gasteiger partial charge in [-0.25, -0.2) is 4.79 Å². The number of anilines is 2. The van der Waals surface area contributed by atoms with Gasteiger partial charge >= 0.3 is 6.03 Å². The summed E-state index contributed by atoms with van der Waals surface area (Å²) in [4.78, 5) is 23.7. The Kier molecular flexibility index (Phi) is 6.90. The molecule has 1 aromatic rings. The molecule has 6 heteroatoms. The summed E-state index contributed by atoms with van der Waals surface area (Å²) < 4.78 is 0. The van der Waals surface area contributed by atoms with Crippen molar-refractivity contribution in [3.05, 3.63) is 24.3 Å². The van der Waals surface area contributed by atoms with Gasteiger partial charge < -0.3 is 21.3 Å². The predicted molar refractivity (Wildman–Crippen MR) is 97.2 cm³/mol. The molecule has 0 aromatic heterocycles. The van der Waals surface area contributed by atoms with Crippen molar-refractivity contribution in [1.82, 2.24) is 10.6 Å². The third-order valence-corrected chi connectivity index (χ3v) is 3.91. The Morgan fingerprint density at radius 1 is 1.12 bits per heavy atom. The number of unbranched alkanes of at least 4 members (excludes halogenated alkanes) is 2. The van der Waals surface area contributed by atoms with Crippen molar-refractivity contribution in [2.45, 2.75) is 58.0 Å². The summed E-state index contributed by atoms with van der Waals surface area (Å²) in [5.74, 6) is -0.00267. The van der Waals surface area contributed by atoms with Gasteiger partial charge in [-0.15, -0.1) is 0 Å². The van der Waals surface area contributed by atoms with E-state index >= 15 is 0 Å². The minimum absolute atomic E-state index is 0.00267. The van der Waals surface area contributed by atoms with Gasteiger partial charge in [0, 0.05) is 24.0 Å². The molecule has 1 aliphatic rings. The van der Waals surface area contributed by atoms with Crippen LogP contribution in [0.1, 0.15) is 46.0 Å². The third-order valence-electron chi connectivity index (χ3n) is 3.91. The number of carbonyl (C=O) groups is 2. The topological polar surface area (TPSA) is 82.3 Å². The normalized spacial score (nSPS) is 14.6. The SMILES string of the molecule is CCCCCNC(=O)C(C)Nc1ccc(NC(=O)NC2CC2)cc1. The highest BCUT2D eigenvalue weighted by atomic mass is 16.2. The highest BCUT2D eigenvalue weighted by molar-refractivity contribution is 5.90. The highest BCUT2D eigenvalue weighted by Crippen LogP contribution is 2.19. The van der Waals surface area contributed by atoms with E-state index in [4.69, 9.17) is 0 Å². The molecule has 1 aliphatic carbocycles. The summed E-state index contributed by atoms with van der Waals surface area (Å²) in [6.07, 6.45) is 5.41. The van der Waals surface area contributed by atoms with Crippen LogP contribution in [0.3, 0.4) is 0 Å². The van der Waals surface area contributed by atoms with Gasteiger partial charge in [-0.05, 0) is 50.5 Å². The van der Waals surface area contributed by atoms with E-state index in [0.29, 0.717) is 6.04 Å². The van der Waals surface area contributed by atoms with E-state index in [0.717, 1.165) is 50.0 Å². The lowest BCUT2D eigenvalue weighted by atomic mass is 10.2. The second-order valence-electron chi connectivity index (χ2n) is 6.31. The monoisotopic (exact) mass is 332 g/mol. The van der Waals surface area contributed by atoms with Crippen molar-refractivity contribution in [3.8, 4) is 0 Å². The average molecular weight is 332 g/mol. The van der Waals surface area contributed by atoms with Crippen LogP contribution >= 0.6 is 0 Å². The van der Waals surface area contributed by atoms with E-state index in [9.17, 15) is 9.59 Å². The lowest BCUT2D eigenvalue weighted by Crippen LogP contribution is -2.38. The molecule has 0 spiro atoms. The molecule has 24 heavy (non-hydrogen) atoms. The van der Waals surface area contributed by atoms with Gasteiger partial charge in [0.1, 0.15) is 6.04 Å². The lowest BCUT2D eigenvalue weighted by Gasteiger charge is -2.15. The summed E-state index contributed by atoms with van der Waals surface area (Å²) in [5, 5.41) is 11.8. The van der Waals surface area contributed by atoms with E-state index in [-0.39, 0.29) is 18.0 Å². The molecular formula is C18H28N4O2. The van der Waals surface area contributed by atoms with Crippen molar-refractivity contribution in [2.24, 2.45) is 0 Å². The largest absolute Gasteiger partial charge is 0.374 e. The summed E-state index contributed by atoms with van der Waals surface area (Å²) in [6.45, 7) is 4.70. The van der Waals surface area contributed by atoms with E-state index in [1.807, 2.05) is 31.2 Å². The zero-order valence-corrected chi connectivity index (χ0v) is 14.5.